The van der Waals surface area contributed by atoms with E-state index < -0.39 is 31.9 Å². The second kappa shape index (κ2) is 6.92. The highest BCUT2D eigenvalue weighted by Gasteiger charge is 2.16. The number of aliphatic hydroxyl groups is 1. The number of carboxylic acid groups (broad SMARTS) is 1. The smallest absolute Gasteiger partial charge is 0.411 e. The quantitative estimate of drug-likeness (QED) is 0.460. The summed E-state index contributed by atoms with van der Waals surface area (Å²) in [7, 11) is -0.805. The van der Waals surface area contributed by atoms with Crippen LogP contribution in [0.2, 0.25) is 0 Å². The molecular formula is C7H11NO6P+. The van der Waals surface area contributed by atoms with Crippen LogP contribution in [0.3, 0.4) is 0 Å². The first-order valence-electron chi connectivity index (χ1n) is 3.82. The normalized spacial score (nSPS) is 11.9. The Balaban J connectivity index is 4.45. The maximum atomic E-state index is 10.8. The van der Waals surface area contributed by atoms with Gasteiger partial charge in [-0.3, -0.25) is 5.32 Å². The van der Waals surface area contributed by atoms with Gasteiger partial charge in [0.1, 0.15) is 5.70 Å². The molecule has 0 aromatic heterocycles. The van der Waals surface area contributed by atoms with Crippen molar-refractivity contribution in [2.24, 2.45) is 0 Å². The molecule has 84 valence electrons. The highest BCUT2D eigenvalue weighted by molar-refractivity contribution is 7.44. The Bertz CT molecular complexity index is 300. The lowest BCUT2D eigenvalue weighted by molar-refractivity contribution is -0.133. The third kappa shape index (κ3) is 5.77. The number of rotatable bonds is 5. The van der Waals surface area contributed by atoms with E-state index in [1.54, 1.807) is 0 Å². The van der Waals surface area contributed by atoms with Gasteiger partial charge in [-0.15, -0.1) is 0 Å². The molecule has 1 amide bonds. The minimum atomic E-state index is -1.89. The zero-order valence-corrected chi connectivity index (χ0v) is 8.86. The molecule has 1 unspecified atom stereocenters. The lowest BCUT2D eigenvalue weighted by atomic mass is 10.4. The summed E-state index contributed by atoms with van der Waals surface area (Å²) in [4.78, 5) is 21.2. The molecule has 7 nitrogen and oxygen atoms in total. The van der Waals surface area contributed by atoms with Crippen molar-refractivity contribution in [1.29, 1.82) is 0 Å². The molecule has 0 bridgehead atoms. The summed E-state index contributed by atoms with van der Waals surface area (Å²) in [6.45, 7) is 0. The van der Waals surface area contributed by atoms with E-state index in [2.05, 4.69) is 4.74 Å². The molecule has 0 aliphatic rings. The van der Waals surface area contributed by atoms with E-state index in [0.29, 0.717) is 0 Å². The number of carboxylic acids is 1. The highest BCUT2D eigenvalue weighted by atomic mass is 31.1. The molecule has 0 fully saturated rings. The summed E-state index contributed by atoms with van der Waals surface area (Å²) in [6, 6.07) is 0. The number of ether oxygens (including phenoxy) is 1. The van der Waals surface area contributed by atoms with Crippen molar-refractivity contribution in [2.45, 2.75) is 0 Å². The minimum absolute atomic E-state index is 0.128. The van der Waals surface area contributed by atoms with Gasteiger partial charge >= 0.3 is 19.9 Å². The molecular weight excluding hydrogens is 225 g/mol. The third-order valence-corrected chi connectivity index (χ3v) is 2.21. The van der Waals surface area contributed by atoms with Gasteiger partial charge < -0.3 is 14.9 Å². The predicted molar refractivity (Wildman–Crippen MR) is 50.8 cm³/mol. The summed E-state index contributed by atoms with van der Waals surface area (Å²) in [6.07, 6.45) is -0.536. The minimum Gasteiger partial charge on any atom is -0.477 e. The van der Waals surface area contributed by atoms with Crippen LogP contribution in [0.25, 0.3) is 0 Å². The predicted octanol–water partition coefficient (Wildman–Crippen LogP) is 0.0881. The Morgan fingerprint density at radius 2 is 2.13 bits per heavy atom. The molecule has 0 saturated carbocycles. The van der Waals surface area contributed by atoms with Crippen molar-refractivity contribution in [2.75, 3.05) is 19.6 Å². The molecule has 8 heteroatoms. The van der Waals surface area contributed by atoms with Crippen molar-refractivity contribution in [3.05, 3.63) is 11.8 Å². The van der Waals surface area contributed by atoms with Crippen molar-refractivity contribution in [3.8, 4) is 0 Å². The summed E-state index contributed by atoms with van der Waals surface area (Å²) in [5, 5.41) is 19.0. The molecule has 0 saturated heterocycles. The summed E-state index contributed by atoms with van der Waals surface area (Å²) >= 11 is 0. The first-order chi connectivity index (χ1) is 7.01. The molecule has 0 aromatic rings. The first-order valence-corrected chi connectivity index (χ1v) is 5.45. The van der Waals surface area contributed by atoms with Gasteiger partial charge in [0.2, 0.25) is 6.35 Å². The van der Waals surface area contributed by atoms with Gasteiger partial charge in [-0.1, -0.05) is 4.57 Å². The van der Waals surface area contributed by atoms with Crippen LogP contribution < -0.4 is 5.32 Å². The monoisotopic (exact) mass is 236 g/mol. The fourth-order valence-electron chi connectivity index (χ4n) is 0.604. The van der Waals surface area contributed by atoms with E-state index in [0.717, 1.165) is 13.2 Å². The van der Waals surface area contributed by atoms with Crippen LogP contribution in [0.5, 0.6) is 0 Å². The number of amides is 1. The van der Waals surface area contributed by atoms with E-state index in [-0.39, 0.29) is 6.16 Å². The average molecular weight is 236 g/mol. The van der Waals surface area contributed by atoms with E-state index in [1.807, 2.05) is 5.32 Å². The number of allylic oxidation sites excluding steroid dienone is 1. The summed E-state index contributed by atoms with van der Waals surface area (Å²) in [5.74, 6) is -1.37. The topological polar surface area (TPSA) is 113 Å². The molecule has 3 N–H and O–H groups in total. The van der Waals surface area contributed by atoms with E-state index in [4.69, 9.17) is 10.2 Å². The van der Waals surface area contributed by atoms with Gasteiger partial charge in [0.25, 0.3) is 0 Å². The molecule has 0 heterocycles. The summed E-state index contributed by atoms with van der Waals surface area (Å²) < 4.78 is 15.0. The number of aliphatic carboxylic acids is 1. The fraction of sp³-hybridized carbons (Fsp3) is 0.429. The first kappa shape index (κ1) is 13.5. The molecule has 0 spiro atoms. The maximum absolute atomic E-state index is 10.8. The molecule has 0 aromatic carbocycles. The molecule has 0 aliphatic heterocycles. The Hall–Kier alpha value is -1.46. The number of alkyl carbamates (subject to hydrolysis) is 1. The number of aliphatic hydroxyl groups excluding tert-OH is 1. The number of carbonyl (C=O) groups is 2. The van der Waals surface area contributed by atoms with E-state index >= 15 is 0 Å². The lowest BCUT2D eigenvalue weighted by Crippen LogP contribution is -2.27. The highest BCUT2D eigenvalue weighted by Crippen LogP contribution is 2.17. The van der Waals surface area contributed by atoms with Crippen LogP contribution in [-0.2, 0) is 14.1 Å². The Morgan fingerprint density at radius 3 is 2.53 bits per heavy atom. The number of methoxy groups -OCH3 is 1. The van der Waals surface area contributed by atoms with Crippen LogP contribution >= 0.6 is 7.80 Å². The Labute approximate surface area is 86.5 Å². The standard InChI is InChI=1S/C7H10NO6P/c1-14-7(12)8-5(6(10)11)2-3-15(13)4-9/h2,9H,3-4H2,1H3,(H-,8,10,11,12)/p+1. The van der Waals surface area contributed by atoms with Gasteiger partial charge in [0, 0.05) is 0 Å². The number of hydrogen-bond acceptors (Lipinski definition) is 5. The molecule has 0 aliphatic carbocycles. The molecule has 15 heavy (non-hydrogen) atoms. The van der Waals surface area contributed by atoms with Gasteiger partial charge in [0.15, 0.2) is 6.16 Å². The third-order valence-electron chi connectivity index (χ3n) is 1.31. The average Bonchev–Trinajstić information content (AvgIpc) is 2.22. The second-order valence-corrected chi connectivity index (χ2v) is 3.96. The molecule has 0 rings (SSSR count). The van der Waals surface area contributed by atoms with Crippen LogP contribution in [0.1, 0.15) is 0 Å². The fourth-order valence-corrected chi connectivity index (χ4v) is 1.11. The Morgan fingerprint density at radius 1 is 1.53 bits per heavy atom. The van der Waals surface area contributed by atoms with Crippen molar-refractivity contribution in [3.63, 3.8) is 0 Å². The number of carbonyl (C=O) groups excluding carboxylic acids is 1. The lowest BCUT2D eigenvalue weighted by Gasteiger charge is -2.02. The van der Waals surface area contributed by atoms with Crippen molar-refractivity contribution >= 4 is 19.9 Å². The summed E-state index contributed by atoms with van der Waals surface area (Å²) in [5.41, 5.74) is -0.432. The number of nitrogens with one attached hydrogen (secondary N) is 1. The van der Waals surface area contributed by atoms with Crippen LogP contribution in [-0.4, -0.2) is 41.9 Å². The van der Waals surface area contributed by atoms with Gasteiger partial charge in [0.05, 0.1) is 7.11 Å². The maximum Gasteiger partial charge on any atom is 0.411 e. The van der Waals surface area contributed by atoms with E-state index in [9.17, 15) is 14.2 Å². The van der Waals surface area contributed by atoms with Gasteiger partial charge in [-0.2, -0.15) is 0 Å². The SMILES string of the molecule is COC(=O)NC(=CC[P+](=O)CO)C(=O)O. The molecule has 0 radical (unpaired) electrons. The van der Waals surface area contributed by atoms with Crippen LogP contribution in [0.15, 0.2) is 11.8 Å². The van der Waals surface area contributed by atoms with E-state index in [1.165, 1.54) is 0 Å². The van der Waals surface area contributed by atoms with Crippen molar-refractivity contribution in [1.82, 2.24) is 5.32 Å². The Kier molecular flexibility index (Phi) is 6.24. The van der Waals surface area contributed by atoms with Crippen LogP contribution in [0, 0.1) is 0 Å². The largest absolute Gasteiger partial charge is 0.477 e. The molecule has 1 atom stereocenters. The van der Waals surface area contributed by atoms with Gasteiger partial charge in [-0.25, -0.2) is 9.59 Å². The zero-order chi connectivity index (χ0) is 11.8. The second-order valence-electron chi connectivity index (χ2n) is 2.35. The zero-order valence-electron chi connectivity index (χ0n) is 7.97. The van der Waals surface area contributed by atoms with Gasteiger partial charge in [-0.05, 0) is 6.08 Å². The number of hydrogen-bond donors (Lipinski definition) is 3. The van der Waals surface area contributed by atoms with Crippen LogP contribution in [0.4, 0.5) is 4.79 Å². The van der Waals surface area contributed by atoms with Crippen molar-refractivity contribution < 1.29 is 29.1 Å².